The molecule has 142 valence electrons. The number of nitrogens with zero attached hydrogens (tertiary/aromatic N) is 1. The maximum absolute atomic E-state index is 11.8. The number of ether oxygens (including phenoxy) is 1. The van der Waals surface area contributed by atoms with Crippen molar-refractivity contribution in [2.45, 2.75) is 31.3 Å². The van der Waals surface area contributed by atoms with E-state index in [2.05, 4.69) is 34.5 Å². The highest BCUT2D eigenvalue weighted by Gasteiger charge is 2.51. The smallest absolute Gasteiger partial charge is 0.309 e. The van der Waals surface area contributed by atoms with Crippen LogP contribution in [0.1, 0.15) is 24.8 Å². The van der Waals surface area contributed by atoms with E-state index in [-0.39, 0.29) is 12.3 Å². The van der Waals surface area contributed by atoms with Gasteiger partial charge in [-0.1, -0.05) is 18.2 Å². The van der Waals surface area contributed by atoms with E-state index in [0.717, 1.165) is 30.8 Å². The normalized spacial score (nSPS) is 22.1. The zero-order valence-electron chi connectivity index (χ0n) is 15.4. The Kier molecular flexibility index (Phi) is 4.52. The molecule has 2 aromatic carbocycles. The summed E-state index contributed by atoms with van der Waals surface area (Å²) in [6.07, 6.45) is 1.46. The van der Waals surface area contributed by atoms with Crippen LogP contribution in [0.15, 0.2) is 36.4 Å². The van der Waals surface area contributed by atoms with Crippen molar-refractivity contribution in [2.75, 3.05) is 20.2 Å². The van der Waals surface area contributed by atoms with Gasteiger partial charge in [0.25, 0.3) is 0 Å². The molecule has 2 saturated heterocycles. The van der Waals surface area contributed by atoms with Crippen LogP contribution in [0.4, 0.5) is 0 Å². The molecule has 2 aliphatic heterocycles. The summed E-state index contributed by atoms with van der Waals surface area (Å²) in [4.78, 5) is 25.7. The van der Waals surface area contributed by atoms with Crippen LogP contribution >= 0.6 is 0 Å². The Balaban J connectivity index is 1.44. The first-order chi connectivity index (χ1) is 13.0. The van der Waals surface area contributed by atoms with Crippen molar-refractivity contribution in [3.63, 3.8) is 0 Å². The Bertz CT molecular complexity index is 887. The lowest BCUT2D eigenvalue weighted by molar-refractivity contribution is -0.144. The first-order valence-corrected chi connectivity index (χ1v) is 9.32. The van der Waals surface area contributed by atoms with Gasteiger partial charge in [0.15, 0.2) is 0 Å². The van der Waals surface area contributed by atoms with E-state index in [1.165, 1.54) is 10.9 Å². The first-order valence-electron chi connectivity index (χ1n) is 9.32. The molecule has 1 amide bonds. The van der Waals surface area contributed by atoms with Gasteiger partial charge in [-0.2, -0.15) is 0 Å². The number of benzene rings is 2. The average Bonchev–Trinajstić information content (AvgIpc) is 2.99. The lowest BCUT2D eigenvalue weighted by Crippen LogP contribution is -2.55. The Morgan fingerprint density at radius 3 is 2.63 bits per heavy atom. The van der Waals surface area contributed by atoms with Crippen LogP contribution in [0.3, 0.4) is 0 Å². The maximum atomic E-state index is 11.8. The third kappa shape index (κ3) is 3.37. The summed E-state index contributed by atoms with van der Waals surface area (Å²) in [6.45, 7) is 2.39. The number of carbonyl (C=O) groups is 2. The Morgan fingerprint density at radius 1 is 1.22 bits per heavy atom. The number of hydrogen-bond donors (Lipinski definition) is 2. The molecule has 0 saturated carbocycles. The second-order valence-corrected chi connectivity index (χ2v) is 7.62. The summed E-state index contributed by atoms with van der Waals surface area (Å²) in [6, 6.07) is 12.5. The molecule has 27 heavy (non-hydrogen) atoms. The van der Waals surface area contributed by atoms with E-state index in [1.54, 1.807) is 7.11 Å². The van der Waals surface area contributed by atoms with Crippen LogP contribution in [-0.2, 0) is 16.1 Å². The van der Waals surface area contributed by atoms with E-state index in [9.17, 15) is 14.7 Å². The molecule has 1 spiro atoms. The predicted octanol–water partition coefficient (Wildman–Crippen LogP) is 2.40. The zero-order valence-corrected chi connectivity index (χ0v) is 15.4. The lowest BCUT2D eigenvalue weighted by atomic mass is 9.77. The summed E-state index contributed by atoms with van der Waals surface area (Å²) < 4.78 is 5.27. The highest BCUT2D eigenvalue weighted by atomic mass is 16.5. The Labute approximate surface area is 158 Å². The molecular weight excluding hydrogens is 344 g/mol. The topological polar surface area (TPSA) is 78.9 Å². The molecule has 0 radical (unpaired) electrons. The summed E-state index contributed by atoms with van der Waals surface area (Å²) in [5.41, 5.74) is 0.660. The minimum Gasteiger partial charge on any atom is -0.497 e. The molecule has 2 aromatic rings. The highest BCUT2D eigenvalue weighted by molar-refractivity contribution is 5.88. The van der Waals surface area contributed by atoms with Gasteiger partial charge in [-0.05, 0) is 47.4 Å². The van der Waals surface area contributed by atoms with Crippen molar-refractivity contribution in [2.24, 2.45) is 5.92 Å². The molecule has 2 fully saturated rings. The van der Waals surface area contributed by atoms with E-state index < -0.39 is 17.4 Å². The molecule has 6 heteroatoms. The number of likely N-dealkylation sites (tertiary alicyclic amines) is 1. The van der Waals surface area contributed by atoms with Gasteiger partial charge in [0.05, 0.1) is 18.6 Å². The fourth-order valence-corrected chi connectivity index (χ4v) is 4.46. The molecule has 4 rings (SSSR count). The van der Waals surface area contributed by atoms with Gasteiger partial charge in [0.1, 0.15) is 5.75 Å². The van der Waals surface area contributed by atoms with Gasteiger partial charge in [0.2, 0.25) is 5.91 Å². The summed E-state index contributed by atoms with van der Waals surface area (Å²) >= 11 is 0. The van der Waals surface area contributed by atoms with Crippen LogP contribution < -0.4 is 10.1 Å². The number of nitrogens with one attached hydrogen (secondary N) is 1. The minimum atomic E-state index is -0.869. The molecule has 2 N–H and O–H groups in total. The number of carboxylic acids is 1. The van der Waals surface area contributed by atoms with Crippen molar-refractivity contribution in [1.29, 1.82) is 0 Å². The zero-order chi connectivity index (χ0) is 19.0. The fourth-order valence-electron chi connectivity index (χ4n) is 4.46. The predicted molar refractivity (Wildman–Crippen MR) is 102 cm³/mol. The Morgan fingerprint density at radius 2 is 1.93 bits per heavy atom. The molecule has 0 aliphatic carbocycles. The fraction of sp³-hybridized carbons (Fsp3) is 0.429. The van der Waals surface area contributed by atoms with Gasteiger partial charge >= 0.3 is 5.97 Å². The number of carboxylic acid groups (broad SMARTS) is 1. The van der Waals surface area contributed by atoms with Crippen molar-refractivity contribution in [1.82, 2.24) is 10.2 Å². The quantitative estimate of drug-likeness (QED) is 0.866. The van der Waals surface area contributed by atoms with E-state index >= 15 is 0 Å². The number of amides is 1. The Hall–Kier alpha value is -2.60. The van der Waals surface area contributed by atoms with Crippen molar-refractivity contribution >= 4 is 22.6 Å². The van der Waals surface area contributed by atoms with Crippen LogP contribution in [0.25, 0.3) is 10.8 Å². The number of methoxy groups -OCH3 is 1. The van der Waals surface area contributed by atoms with Crippen molar-refractivity contribution in [3.05, 3.63) is 42.0 Å². The third-order valence-corrected chi connectivity index (χ3v) is 6.01. The van der Waals surface area contributed by atoms with Gasteiger partial charge in [-0.3, -0.25) is 14.5 Å². The molecule has 0 bridgehead atoms. The van der Waals surface area contributed by atoms with Gasteiger partial charge in [-0.15, -0.1) is 0 Å². The standard InChI is InChI=1S/C21H24N2O4/c1-27-17-5-4-15-10-14(2-3-16(15)11-17)13-23-8-6-21(7-9-23)18(20(25)26)12-19(24)22-21/h2-5,10-11,18H,6-9,12-13H2,1H3,(H,22,24)(H,25,26)/t18-/m0/s1. The number of hydrogen-bond acceptors (Lipinski definition) is 4. The van der Waals surface area contributed by atoms with Gasteiger partial charge in [0, 0.05) is 26.1 Å². The molecule has 0 unspecified atom stereocenters. The summed E-state index contributed by atoms with van der Waals surface area (Å²) in [5, 5.41) is 14.8. The van der Waals surface area contributed by atoms with E-state index in [4.69, 9.17) is 4.74 Å². The van der Waals surface area contributed by atoms with E-state index in [1.807, 2.05) is 12.1 Å². The second kappa shape index (κ2) is 6.85. The number of rotatable bonds is 4. The number of piperidine rings is 1. The second-order valence-electron chi connectivity index (χ2n) is 7.62. The molecular formula is C21H24N2O4. The monoisotopic (exact) mass is 368 g/mol. The average molecular weight is 368 g/mol. The summed E-state index contributed by atoms with van der Waals surface area (Å²) in [5.74, 6) is -0.765. The SMILES string of the molecule is COc1ccc2cc(CN3CCC4(CC3)NC(=O)C[C@H]4C(=O)O)ccc2c1. The van der Waals surface area contributed by atoms with Gasteiger partial charge < -0.3 is 15.2 Å². The van der Waals surface area contributed by atoms with Crippen LogP contribution in [0.2, 0.25) is 0 Å². The highest BCUT2D eigenvalue weighted by Crippen LogP contribution is 2.37. The number of carbonyl (C=O) groups excluding carboxylic acids is 1. The van der Waals surface area contributed by atoms with Crippen LogP contribution in [0.5, 0.6) is 5.75 Å². The van der Waals surface area contributed by atoms with Crippen molar-refractivity contribution in [3.8, 4) is 5.75 Å². The molecule has 6 nitrogen and oxygen atoms in total. The largest absolute Gasteiger partial charge is 0.497 e. The van der Waals surface area contributed by atoms with Crippen LogP contribution in [0, 0.1) is 5.92 Å². The number of fused-ring (bicyclic) bond motifs is 1. The molecule has 0 aromatic heterocycles. The molecule has 2 aliphatic rings. The molecule has 1 atom stereocenters. The van der Waals surface area contributed by atoms with Crippen molar-refractivity contribution < 1.29 is 19.4 Å². The summed E-state index contributed by atoms with van der Waals surface area (Å²) in [7, 11) is 1.67. The minimum absolute atomic E-state index is 0.101. The number of aliphatic carboxylic acids is 1. The molecule has 2 heterocycles. The van der Waals surface area contributed by atoms with Gasteiger partial charge in [-0.25, -0.2) is 0 Å². The lowest BCUT2D eigenvalue weighted by Gasteiger charge is -2.41. The van der Waals surface area contributed by atoms with Crippen LogP contribution in [-0.4, -0.2) is 47.6 Å². The van der Waals surface area contributed by atoms with E-state index in [0.29, 0.717) is 12.8 Å². The maximum Gasteiger partial charge on any atom is 0.309 e. The third-order valence-electron chi connectivity index (χ3n) is 6.01. The first kappa shape index (κ1) is 17.8.